The van der Waals surface area contributed by atoms with Gasteiger partial charge in [0.05, 0.1) is 18.2 Å². The molecule has 0 spiro atoms. The van der Waals surface area contributed by atoms with Gasteiger partial charge in [0.25, 0.3) is 0 Å². The molecule has 1 atom stereocenters. The van der Waals surface area contributed by atoms with Gasteiger partial charge in [0.2, 0.25) is 0 Å². The SMILES string of the molecule is Cc1c(C(C)CC=O)cc(Cl)c2c1OCCCO2. The second-order valence-corrected chi connectivity index (χ2v) is 4.99. The summed E-state index contributed by atoms with van der Waals surface area (Å²) in [6.45, 7) is 5.25. The van der Waals surface area contributed by atoms with Gasteiger partial charge < -0.3 is 14.3 Å². The predicted molar refractivity (Wildman–Crippen MR) is 70.9 cm³/mol. The van der Waals surface area contributed by atoms with E-state index in [0.29, 0.717) is 30.4 Å². The highest BCUT2D eigenvalue weighted by Gasteiger charge is 2.21. The molecule has 0 amide bonds. The molecule has 0 radical (unpaired) electrons. The normalized spacial score (nSPS) is 15.9. The highest BCUT2D eigenvalue weighted by molar-refractivity contribution is 6.32. The molecule has 0 fully saturated rings. The number of rotatable bonds is 3. The van der Waals surface area contributed by atoms with Crippen LogP contribution in [0.4, 0.5) is 0 Å². The molecule has 0 aliphatic carbocycles. The Hall–Kier alpha value is -1.22. The summed E-state index contributed by atoms with van der Waals surface area (Å²) in [6.07, 6.45) is 2.27. The van der Waals surface area contributed by atoms with E-state index in [1.807, 2.05) is 19.9 Å². The van der Waals surface area contributed by atoms with E-state index < -0.39 is 0 Å². The van der Waals surface area contributed by atoms with Gasteiger partial charge in [0, 0.05) is 12.8 Å². The fraction of sp³-hybridized carbons (Fsp3) is 0.500. The molecule has 1 aliphatic rings. The standard InChI is InChI=1S/C14H17ClO3/c1-9(4-5-16)11-8-12(15)14-13(10(11)2)17-6-3-7-18-14/h5,8-9H,3-4,6-7H2,1-2H3. The van der Waals surface area contributed by atoms with Crippen LogP contribution in [0.15, 0.2) is 6.07 Å². The Labute approximate surface area is 112 Å². The van der Waals surface area contributed by atoms with Gasteiger partial charge in [-0.2, -0.15) is 0 Å². The smallest absolute Gasteiger partial charge is 0.180 e. The lowest BCUT2D eigenvalue weighted by atomic mass is 9.93. The van der Waals surface area contributed by atoms with E-state index in [4.69, 9.17) is 21.1 Å². The third-order valence-corrected chi connectivity index (χ3v) is 3.52. The Morgan fingerprint density at radius 3 is 2.72 bits per heavy atom. The van der Waals surface area contributed by atoms with Crippen molar-refractivity contribution in [1.29, 1.82) is 0 Å². The van der Waals surface area contributed by atoms with Crippen LogP contribution in [0.5, 0.6) is 11.5 Å². The van der Waals surface area contributed by atoms with E-state index in [-0.39, 0.29) is 5.92 Å². The lowest BCUT2D eigenvalue weighted by Crippen LogP contribution is -2.02. The van der Waals surface area contributed by atoms with Crippen LogP contribution in [-0.4, -0.2) is 19.5 Å². The zero-order valence-corrected chi connectivity index (χ0v) is 11.4. The maximum atomic E-state index is 10.6. The van der Waals surface area contributed by atoms with Crippen molar-refractivity contribution in [3.05, 3.63) is 22.2 Å². The minimum absolute atomic E-state index is 0.136. The van der Waals surface area contributed by atoms with Crippen molar-refractivity contribution in [1.82, 2.24) is 0 Å². The molecule has 3 nitrogen and oxygen atoms in total. The van der Waals surface area contributed by atoms with Crippen LogP contribution < -0.4 is 9.47 Å². The molecule has 1 aliphatic heterocycles. The molecule has 2 rings (SSSR count). The number of carbonyl (C=O) groups excluding carboxylic acids is 1. The van der Waals surface area contributed by atoms with Crippen molar-refractivity contribution < 1.29 is 14.3 Å². The quantitative estimate of drug-likeness (QED) is 0.787. The van der Waals surface area contributed by atoms with Crippen LogP contribution in [0.1, 0.15) is 36.8 Å². The number of benzene rings is 1. The van der Waals surface area contributed by atoms with E-state index in [0.717, 1.165) is 29.6 Å². The first kappa shape index (κ1) is 13.2. The maximum Gasteiger partial charge on any atom is 0.180 e. The van der Waals surface area contributed by atoms with Crippen LogP contribution in [0, 0.1) is 6.92 Å². The lowest BCUT2D eigenvalue weighted by Gasteiger charge is -2.18. The van der Waals surface area contributed by atoms with Crippen LogP contribution in [0.3, 0.4) is 0 Å². The number of ether oxygens (including phenoxy) is 2. The van der Waals surface area contributed by atoms with Crippen LogP contribution in [0.25, 0.3) is 0 Å². The van der Waals surface area contributed by atoms with E-state index in [2.05, 4.69) is 0 Å². The molecule has 0 aromatic heterocycles. The van der Waals surface area contributed by atoms with E-state index >= 15 is 0 Å². The Kier molecular flexibility index (Phi) is 4.12. The average Bonchev–Trinajstić information content (AvgIpc) is 2.60. The van der Waals surface area contributed by atoms with E-state index in [9.17, 15) is 4.79 Å². The van der Waals surface area contributed by atoms with Gasteiger partial charge in [-0.15, -0.1) is 0 Å². The summed E-state index contributed by atoms with van der Waals surface area (Å²) in [5.41, 5.74) is 2.07. The molecule has 98 valence electrons. The highest BCUT2D eigenvalue weighted by atomic mass is 35.5. The summed E-state index contributed by atoms with van der Waals surface area (Å²) in [5, 5.41) is 0.560. The van der Waals surface area contributed by atoms with Gasteiger partial charge in [-0.05, 0) is 30.0 Å². The van der Waals surface area contributed by atoms with Gasteiger partial charge in [0.15, 0.2) is 11.5 Å². The predicted octanol–water partition coefficient (Wildman–Crippen LogP) is 3.50. The summed E-state index contributed by atoms with van der Waals surface area (Å²) in [6, 6.07) is 1.89. The monoisotopic (exact) mass is 268 g/mol. The number of hydrogen-bond donors (Lipinski definition) is 0. The number of hydrogen-bond acceptors (Lipinski definition) is 3. The fourth-order valence-electron chi connectivity index (χ4n) is 2.22. The Bertz CT molecular complexity index is 457. The molecule has 0 bridgehead atoms. The summed E-state index contributed by atoms with van der Waals surface area (Å²) in [5.74, 6) is 1.50. The van der Waals surface area contributed by atoms with Crippen molar-refractivity contribution in [2.45, 2.75) is 32.6 Å². The first-order chi connectivity index (χ1) is 8.65. The number of carbonyl (C=O) groups is 1. The van der Waals surface area contributed by atoms with Gasteiger partial charge in [-0.1, -0.05) is 18.5 Å². The second kappa shape index (κ2) is 5.61. The topological polar surface area (TPSA) is 35.5 Å². The fourth-order valence-corrected chi connectivity index (χ4v) is 2.48. The van der Waals surface area contributed by atoms with Gasteiger partial charge in [-0.3, -0.25) is 0 Å². The summed E-state index contributed by atoms with van der Waals surface area (Å²) >= 11 is 6.24. The molecule has 4 heteroatoms. The van der Waals surface area contributed by atoms with Gasteiger partial charge >= 0.3 is 0 Å². The van der Waals surface area contributed by atoms with E-state index in [1.165, 1.54) is 0 Å². The summed E-state index contributed by atoms with van der Waals surface area (Å²) in [4.78, 5) is 10.6. The molecule has 1 aromatic rings. The van der Waals surface area contributed by atoms with Crippen LogP contribution >= 0.6 is 11.6 Å². The third-order valence-electron chi connectivity index (χ3n) is 3.24. The first-order valence-corrected chi connectivity index (χ1v) is 6.55. The van der Waals surface area contributed by atoms with Gasteiger partial charge in [0.1, 0.15) is 6.29 Å². The molecule has 18 heavy (non-hydrogen) atoms. The molecule has 1 unspecified atom stereocenters. The van der Waals surface area contributed by atoms with Crippen molar-refractivity contribution in [2.24, 2.45) is 0 Å². The first-order valence-electron chi connectivity index (χ1n) is 6.17. The highest BCUT2D eigenvalue weighted by Crippen LogP contribution is 2.43. The van der Waals surface area contributed by atoms with Crippen molar-refractivity contribution >= 4 is 17.9 Å². The summed E-state index contributed by atoms with van der Waals surface area (Å²) in [7, 11) is 0. The van der Waals surface area contributed by atoms with Gasteiger partial charge in [-0.25, -0.2) is 0 Å². The molecule has 0 saturated carbocycles. The zero-order chi connectivity index (χ0) is 13.1. The molecule has 0 N–H and O–H groups in total. The molecular weight excluding hydrogens is 252 g/mol. The number of halogens is 1. The van der Waals surface area contributed by atoms with Crippen LogP contribution in [-0.2, 0) is 4.79 Å². The Morgan fingerprint density at radius 2 is 2.06 bits per heavy atom. The molecule has 1 heterocycles. The molecule has 1 aromatic carbocycles. The summed E-state index contributed by atoms with van der Waals surface area (Å²) < 4.78 is 11.4. The van der Waals surface area contributed by atoms with Crippen molar-refractivity contribution in [3.8, 4) is 11.5 Å². The maximum absolute atomic E-state index is 10.6. The third kappa shape index (κ3) is 2.46. The van der Waals surface area contributed by atoms with Crippen molar-refractivity contribution in [2.75, 3.05) is 13.2 Å². The number of fused-ring (bicyclic) bond motifs is 1. The molecule has 0 saturated heterocycles. The Morgan fingerprint density at radius 1 is 1.39 bits per heavy atom. The molecular formula is C14H17ClO3. The van der Waals surface area contributed by atoms with E-state index in [1.54, 1.807) is 0 Å². The lowest BCUT2D eigenvalue weighted by molar-refractivity contribution is -0.108. The largest absolute Gasteiger partial charge is 0.489 e. The minimum Gasteiger partial charge on any atom is -0.489 e. The minimum atomic E-state index is 0.136. The van der Waals surface area contributed by atoms with Crippen LogP contribution in [0.2, 0.25) is 5.02 Å². The zero-order valence-electron chi connectivity index (χ0n) is 10.7. The van der Waals surface area contributed by atoms with Crippen molar-refractivity contribution in [3.63, 3.8) is 0 Å². The second-order valence-electron chi connectivity index (χ2n) is 4.58. The average molecular weight is 269 g/mol. The number of aldehydes is 1. The Balaban J connectivity index is 2.48.